The van der Waals surface area contributed by atoms with E-state index in [1.165, 1.54) is 0 Å². The highest BCUT2D eigenvalue weighted by atomic mass is 127. The molecule has 1 aromatic carbocycles. The van der Waals surface area contributed by atoms with Gasteiger partial charge in [0, 0.05) is 8.04 Å². The summed E-state index contributed by atoms with van der Waals surface area (Å²) in [6, 6.07) is 4.50. The summed E-state index contributed by atoms with van der Waals surface area (Å²) in [7, 11) is 0. The first-order valence-corrected chi connectivity index (χ1v) is 8.70. The van der Waals surface area contributed by atoms with E-state index >= 15 is 0 Å². The molecule has 0 unspecified atom stereocenters. The zero-order valence-electron chi connectivity index (χ0n) is 10.2. The number of hydrogen-bond acceptors (Lipinski definition) is 3. The van der Waals surface area contributed by atoms with Gasteiger partial charge < -0.3 is 10.4 Å². The van der Waals surface area contributed by atoms with E-state index in [1.807, 2.05) is 12.3 Å². The predicted octanol–water partition coefficient (Wildman–Crippen LogP) is 2.99. The number of carboxylic acid groups (broad SMARTS) is 1. The number of rotatable bonds is 6. The van der Waals surface area contributed by atoms with E-state index in [0.29, 0.717) is 22.2 Å². The highest BCUT2D eigenvalue weighted by Crippen LogP contribution is 2.19. The van der Waals surface area contributed by atoms with Crippen molar-refractivity contribution in [1.29, 1.82) is 0 Å². The number of halogens is 2. The molecular formula is C12H13BrINO3S. The number of carbonyl (C=O) groups is 2. The van der Waals surface area contributed by atoms with Gasteiger partial charge in [0.2, 0.25) is 0 Å². The van der Waals surface area contributed by atoms with Gasteiger partial charge in [0.05, 0.1) is 5.56 Å². The lowest BCUT2D eigenvalue weighted by Gasteiger charge is -2.14. The van der Waals surface area contributed by atoms with Gasteiger partial charge in [0.1, 0.15) is 6.04 Å². The van der Waals surface area contributed by atoms with E-state index in [9.17, 15) is 9.59 Å². The van der Waals surface area contributed by atoms with Crippen LogP contribution in [0.2, 0.25) is 0 Å². The summed E-state index contributed by atoms with van der Waals surface area (Å²) < 4.78 is 1.57. The summed E-state index contributed by atoms with van der Waals surface area (Å²) in [4.78, 5) is 23.2. The van der Waals surface area contributed by atoms with Crippen LogP contribution in [0.1, 0.15) is 16.8 Å². The molecule has 19 heavy (non-hydrogen) atoms. The molecule has 1 aromatic rings. The monoisotopic (exact) mass is 457 g/mol. The van der Waals surface area contributed by atoms with Crippen LogP contribution < -0.4 is 5.32 Å². The van der Waals surface area contributed by atoms with E-state index in [0.717, 1.165) is 3.57 Å². The SMILES string of the molecule is CSCC[C@H](NC(=O)c1cc(I)ccc1Br)C(=O)O. The van der Waals surface area contributed by atoms with Crippen LogP contribution in [0.3, 0.4) is 0 Å². The van der Waals surface area contributed by atoms with Crippen molar-refractivity contribution < 1.29 is 14.7 Å². The Morgan fingerprint density at radius 2 is 2.21 bits per heavy atom. The number of hydrogen-bond donors (Lipinski definition) is 2. The summed E-state index contributed by atoms with van der Waals surface area (Å²) in [5.41, 5.74) is 0.447. The van der Waals surface area contributed by atoms with Crippen molar-refractivity contribution in [2.45, 2.75) is 12.5 Å². The molecule has 0 saturated heterocycles. The Hall–Kier alpha value is -0.280. The van der Waals surface area contributed by atoms with Crippen molar-refractivity contribution >= 4 is 62.2 Å². The zero-order chi connectivity index (χ0) is 14.4. The Labute approximate surface area is 138 Å². The summed E-state index contributed by atoms with van der Waals surface area (Å²) in [6.45, 7) is 0. The van der Waals surface area contributed by atoms with Crippen LogP contribution in [-0.4, -0.2) is 35.0 Å². The molecule has 0 heterocycles. The second-order valence-electron chi connectivity index (χ2n) is 3.77. The van der Waals surface area contributed by atoms with Gasteiger partial charge in [-0.25, -0.2) is 4.79 Å². The molecule has 0 aliphatic rings. The Bertz CT molecular complexity index is 484. The van der Waals surface area contributed by atoms with Crippen LogP contribution in [0.25, 0.3) is 0 Å². The standard InChI is InChI=1S/C12H13BrINO3S/c1-19-5-4-10(12(17)18)15-11(16)8-6-7(14)2-3-9(8)13/h2-3,6,10H,4-5H2,1H3,(H,15,16)(H,17,18)/t10-/m0/s1. The second-order valence-corrected chi connectivity index (χ2v) is 6.86. The number of carbonyl (C=O) groups excluding carboxylic acids is 1. The minimum Gasteiger partial charge on any atom is -0.480 e. The molecule has 0 radical (unpaired) electrons. The molecule has 0 saturated carbocycles. The fraction of sp³-hybridized carbons (Fsp3) is 0.333. The smallest absolute Gasteiger partial charge is 0.326 e. The molecule has 0 aliphatic carbocycles. The molecule has 1 amide bonds. The normalized spacial score (nSPS) is 11.9. The van der Waals surface area contributed by atoms with Gasteiger partial charge in [-0.15, -0.1) is 0 Å². The van der Waals surface area contributed by atoms with E-state index in [4.69, 9.17) is 5.11 Å². The molecule has 4 nitrogen and oxygen atoms in total. The lowest BCUT2D eigenvalue weighted by Crippen LogP contribution is -2.41. The molecule has 1 atom stereocenters. The molecule has 1 rings (SSSR count). The molecule has 104 valence electrons. The lowest BCUT2D eigenvalue weighted by atomic mass is 10.1. The zero-order valence-corrected chi connectivity index (χ0v) is 14.7. The third-order valence-electron chi connectivity index (χ3n) is 2.39. The van der Waals surface area contributed by atoms with Crippen LogP contribution in [0, 0.1) is 3.57 Å². The van der Waals surface area contributed by atoms with Crippen LogP contribution >= 0.6 is 50.3 Å². The fourth-order valence-electron chi connectivity index (χ4n) is 1.40. The van der Waals surface area contributed by atoms with Crippen molar-refractivity contribution in [2.75, 3.05) is 12.0 Å². The predicted molar refractivity (Wildman–Crippen MR) is 88.7 cm³/mol. The van der Waals surface area contributed by atoms with Gasteiger partial charge in [-0.2, -0.15) is 11.8 Å². The number of carboxylic acids is 1. The van der Waals surface area contributed by atoms with E-state index in [-0.39, 0.29) is 5.91 Å². The maximum Gasteiger partial charge on any atom is 0.326 e. The van der Waals surface area contributed by atoms with Crippen LogP contribution in [-0.2, 0) is 4.79 Å². The van der Waals surface area contributed by atoms with Gasteiger partial charge in [-0.1, -0.05) is 0 Å². The number of aliphatic carboxylic acids is 1. The lowest BCUT2D eigenvalue weighted by molar-refractivity contribution is -0.139. The fourth-order valence-corrected chi connectivity index (χ4v) is 2.79. The third-order valence-corrected chi connectivity index (χ3v) is 4.39. The summed E-state index contributed by atoms with van der Waals surface area (Å²) in [5, 5.41) is 11.6. The molecule has 7 heteroatoms. The van der Waals surface area contributed by atoms with Crippen molar-refractivity contribution in [3.63, 3.8) is 0 Å². The van der Waals surface area contributed by atoms with Crippen molar-refractivity contribution in [2.24, 2.45) is 0 Å². The second kappa shape index (κ2) is 8.11. The summed E-state index contributed by atoms with van der Waals surface area (Å²) in [5.74, 6) is -0.701. The highest BCUT2D eigenvalue weighted by Gasteiger charge is 2.21. The molecule has 0 aliphatic heterocycles. The Balaban J connectivity index is 2.81. The summed E-state index contributed by atoms with van der Waals surface area (Å²) >= 11 is 6.95. The Morgan fingerprint density at radius 1 is 1.53 bits per heavy atom. The Morgan fingerprint density at radius 3 is 2.79 bits per heavy atom. The van der Waals surface area contributed by atoms with Gasteiger partial charge in [-0.05, 0) is 75.1 Å². The molecule has 0 bridgehead atoms. The minimum atomic E-state index is -1.01. The first-order chi connectivity index (χ1) is 8.95. The first kappa shape index (κ1) is 16.8. The van der Waals surface area contributed by atoms with Gasteiger partial charge >= 0.3 is 5.97 Å². The molecular weight excluding hydrogens is 445 g/mol. The van der Waals surface area contributed by atoms with Crippen molar-refractivity contribution in [3.8, 4) is 0 Å². The molecule has 2 N–H and O–H groups in total. The number of benzene rings is 1. The maximum absolute atomic E-state index is 12.1. The average Bonchev–Trinajstić information content (AvgIpc) is 2.36. The van der Waals surface area contributed by atoms with Gasteiger partial charge in [-0.3, -0.25) is 4.79 Å². The van der Waals surface area contributed by atoms with Crippen LogP contribution in [0.4, 0.5) is 0 Å². The van der Waals surface area contributed by atoms with E-state index in [1.54, 1.807) is 23.9 Å². The number of amides is 1. The first-order valence-electron chi connectivity index (χ1n) is 5.43. The van der Waals surface area contributed by atoms with Gasteiger partial charge in [0.25, 0.3) is 5.91 Å². The number of thioether (sulfide) groups is 1. The van der Waals surface area contributed by atoms with Gasteiger partial charge in [0.15, 0.2) is 0 Å². The molecule has 0 fully saturated rings. The van der Waals surface area contributed by atoms with E-state index < -0.39 is 12.0 Å². The highest BCUT2D eigenvalue weighted by molar-refractivity contribution is 14.1. The van der Waals surface area contributed by atoms with Crippen LogP contribution in [0.5, 0.6) is 0 Å². The third kappa shape index (κ3) is 5.31. The Kier molecular flexibility index (Phi) is 7.16. The van der Waals surface area contributed by atoms with Crippen LogP contribution in [0.15, 0.2) is 22.7 Å². The molecule has 0 aromatic heterocycles. The van der Waals surface area contributed by atoms with E-state index in [2.05, 4.69) is 43.8 Å². The largest absolute Gasteiger partial charge is 0.480 e. The quantitative estimate of drug-likeness (QED) is 0.644. The van der Waals surface area contributed by atoms with Crippen molar-refractivity contribution in [1.82, 2.24) is 5.32 Å². The maximum atomic E-state index is 12.1. The topological polar surface area (TPSA) is 66.4 Å². The van der Waals surface area contributed by atoms with Crippen molar-refractivity contribution in [3.05, 3.63) is 31.8 Å². The average molecular weight is 458 g/mol. The molecule has 0 spiro atoms. The summed E-state index contributed by atoms with van der Waals surface area (Å²) in [6.07, 6.45) is 2.31. The number of nitrogens with one attached hydrogen (secondary N) is 1. The minimum absolute atomic E-state index is 0.376.